The van der Waals surface area contributed by atoms with Crippen LogP contribution in [0.15, 0.2) is 42.5 Å². The standard InChI is InChI=1S/C21H23Cl3N2O2S/c1-3-19(21(28)25-2)26(11-16-17(23)8-5-9-18(16)24)20(27)13-29-12-14-6-4-7-15(22)10-14/h4-10,19H,3,11-13H2,1-2H3,(H,25,28)/t19-/m0/s1. The van der Waals surface area contributed by atoms with E-state index < -0.39 is 6.04 Å². The van der Waals surface area contributed by atoms with Crippen LogP contribution in [-0.4, -0.2) is 35.6 Å². The topological polar surface area (TPSA) is 49.4 Å². The zero-order valence-corrected chi connectivity index (χ0v) is 19.3. The molecule has 0 aromatic heterocycles. The third kappa shape index (κ3) is 6.82. The van der Waals surface area contributed by atoms with Crippen LogP contribution in [0, 0.1) is 0 Å². The Morgan fingerprint density at radius 3 is 2.34 bits per heavy atom. The second-order valence-corrected chi connectivity index (χ2v) is 8.62. The fourth-order valence-corrected chi connectivity index (χ4v) is 4.49. The summed E-state index contributed by atoms with van der Waals surface area (Å²) in [5.74, 6) is 0.499. The van der Waals surface area contributed by atoms with E-state index in [1.807, 2.05) is 31.2 Å². The number of hydrogen-bond donors (Lipinski definition) is 1. The molecule has 0 aliphatic heterocycles. The van der Waals surface area contributed by atoms with Gasteiger partial charge in [-0.15, -0.1) is 11.8 Å². The lowest BCUT2D eigenvalue weighted by atomic mass is 10.1. The normalized spacial score (nSPS) is 11.8. The van der Waals surface area contributed by atoms with Gasteiger partial charge < -0.3 is 10.2 Å². The molecule has 0 unspecified atom stereocenters. The molecule has 0 radical (unpaired) electrons. The highest BCUT2D eigenvalue weighted by Gasteiger charge is 2.29. The van der Waals surface area contributed by atoms with Crippen molar-refractivity contribution >= 4 is 58.4 Å². The highest BCUT2D eigenvalue weighted by molar-refractivity contribution is 7.99. The summed E-state index contributed by atoms with van der Waals surface area (Å²) >= 11 is 20.1. The Morgan fingerprint density at radius 1 is 1.10 bits per heavy atom. The van der Waals surface area contributed by atoms with Gasteiger partial charge in [-0.2, -0.15) is 0 Å². The third-order valence-electron chi connectivity index (χ3n) is 4.41. The molecule has 0 saturated heterocycles. The summed E-state index contributed by atoms with van der Waals surface area (Å²) in [5, 5.41) is 4.23. The Balaban J connectivity index is 2.17. The Morgan fingerprint density at radius 2 is 1.76 bits per heavy atom. The van der Waals surface area contributed by atoms with Crippen molar-refractivity contribution in [3.63, 3.8) is 0 Å². The first-order valence-corrected chi connectivity index (χ1v) is 11.4. The van der Waals surface area contributed by atoms with Crippen molar-refractivity contribution < 1.29 is 9.59 Å². The molecule has 0 saturated carbocycles. The fourth-order valence-electron chi connectivity index (χ4n) is 2.91. The molecule has 2 amide bonds. The summed E-state index contributed by atoms with van der Waals surface area (Å²) in [7, 11) is 1.56. The van der Waals surface area contributed by atoms with Crippen LogP contribution in [0.1, 0.15) is 24.5 Å². The van der Waals surface area contributed by atoms with Gasteiger partial charge in [-0.05, 0) is 36.2 Å². The molecular formula is C21H23Cl3N2O2S. The number of carbonyl (C=O) groups excluding carboxylic acids is 2. The Bertz CT molecular complexity index is 843. The van der Waals surface area contributed by atoms with E-state index in [-0.39, 0.29) is 24.1 Å². The SMILES string of the molecule is CC[C@@H](C(=O)NC)N(Cc1c(Cl)cccc1Cl)C(=O)CSCc1cccc(Cl)c1. The average molecular weight is 474 g/mol. The number of likely N-dealkylation sites (N-methyl/N-ethyl adjacent to an activating group) is 1. The van der Waals surface area contributed by atoms with Crippen molar-refractivity contribution in [3.8, 4) is 0 Å². The average Bonchev–Trinajstić information content (AvgIpc) is 2.69. The molecule has 0 aliphatic carbocycles. The minimum atomic E-state index is -0.605. The van der Waals surface area contributed by atoms with Gasteiger partial charge in [0.2, 0.25) is 11.8 Å². The highest BCUT2D eigenvalue weighted by Crippen LogP contribution is 2.27. The van der Waals surface area contributed by atoms with E-state index in [1.54, 1.807) is 30.1 Å². The van der Waals surface area contributed by atoms with Crippen molar-refractivity contribution in [2.45, 2.75) is 31.7 Å². The highest BCUT2D eigenvalue weighted by atomic mass is 35.5. The van der Waals surface area contributed by atoms with Gasteiger partial charge in [0.05, 0.1) is 5.75 Å². The number of benzene rings is 2. The largest absolute Gasteiger partial charge is 0.357 e. The van der Waals surface area contributed by atoms with Crippen LogP contribution in [0.4, 0.5) is 0 Å². The van der Waals surface area contributed by atoms with Gasteiger partial charge in [0, 0.05) is 40.0 Å². The minimum Gasteiger partial charge on any atom is -0.357 e. The molecule has 0 bridgehead atoms. The molecule has 2 rings (SSSR count). The minimum absolute atomic E-state index is 0.150. The van der Waals surface area contributed by atoms with E-state index >= 15 is 0 Å². The third-order valence-corrected chi connectivity index (χ3v) is 6.34. The number of amides is 2. The maximum Gasteiger partial charge on any atom is 0.242 e. The second-order valence-electron chi connectivity index (χ2n) is 6.38. The van der Waals surface area contributed by atoms with Crippen LogP contribution in [0.2, 0.25) is 15.1 Å². The number of nitrogens with zero attached hydrogens (tertiary/aromatic N) is 1. The Labute approximate surface area is 190 Å². The van der Waals surface area contributed by atoms with Crippen molar-refractivity contribution in [1.82, 2.24) is 10.2 Å². The lowest BCUT2D eigenvalue weighted by Gasteiger charge is -2.30. The fraction of sp³-hybridized carbons (Fsp3) is 0.333. The second kappa shape index (κ2) is 11.7. The summed E-state index contributed by atoms with van der Waals surface area (Å²) in [5.41, 5.74) is 1.67. The van der Waals surface area contributed by atoms with Crippen LogP contribution < -0.4 is 5.32 Å². The lowest BCUT2D eigenvalue weighted by molar-refractivity contribution is -0.139. The van der Waals surface area contributed by atoms with Crippen LogP contribution >= 0.6 is 46.6 Å². The molecule has 8 heteroatoms. The van der Waals surface area contributed by atoms with Gasteiger partial charge in [-0.3, -0.25) is 9.59 Å². The van der Waals surface area contributed by atoms with E-state index in [0.29, 0.717) is 32.8 Å². The monoisotopic (exact) mass is 472 g/mol. The van der Waals surface area contributed by atoms with Gasteiger partial charge in [-0.25, -0.2) is 0 Å². The molecular weight excluding hydrogens is 451 g/mol. The first-order chi connectivity index (χ1) is 13.9. The number of nitrogens with one attached hydrogen (secondary N) is 1. The van der Waals surface area contributed by atoms with Crippen LogP contribution in [0.3, 0.4) is 0 Å². The van der Waals surface area contributed by atoms with Crippen molar-refractivity contribution in [2.24, 2.45) is 0 Å². The number of rotatable bonds is 9. The molecule has 1 N–H and O–H groups in total. The van der Waals surface area contributed by atoms with E-state index in [1.165, 1.54) is 11.8 Å². The molecule has 2 aromatic rings. The maximum atomic E-state index is 13.1. The van der Waals surface area contributed by atoms with Crippen molar-refractivity contribution in [1.29, 1.82) is 0 Å². The first-order valence-electron chi connectivity index (χ1n) is 9.13. The Hall–Kier alpha value is -1.40. The number of halogens is 3. The van der Waals surface area contributed by atoms with E-state index in [0.717, 1.165) is 5.56 Å². The maximum absolute atomic E-state index is 13.1. The smallest absolute Gasteiger partial charge is 0.242 e. The molecule has 0 aliphatic rings. The van der Waals surface area contributed by atoms with Gasteiger partial charge in [0.25, 0.3) is 0 Å². The zero-order valence-electron chi connectivity index (χ0n) is 16.3. The van der Waals surface area contributed by atoms with E-state index in [9.17, 15) is 9.59 Å². The molecule has 2 aromatic carbocycles. The van der Waals surface area contributed by atoms with Crippen LogP contribution in [-0.2, 0) is 21.9 Å². The molecule has 0 fully saturated rings. The van der Waals surface area contributed by atoms with Crippen molar-refractivity contribution in [3.05, 3.63) is 68.7 Å². The molecule has 29 heavy (non-hydrogen) atoms. The summed E-state index contributed by atoms with van der Waals surface area (Å²) in [6.45, 7) is 2.04. The van der Waals surface area contributed by atoms with Gasteiger partial charge in [0.15, 0.2) is 0 Å². The van der Waals surface area contributed by atoms with Gasteiger partial charge in [0.1, 0.15) is 6.04 Å². The van der Waals surface area contributed by atoms with Crippen molar-refractivity contribution in [2.75, 3.05) is 12.8 Å². The number of hydrogen-bond acceptors (Lipinski definition) is 3. The van der Waals surface area contributed by atoms with Gasteiger partial charge >= 0.3 is 0 Å². The molecule has 0 heterocycles. The van der Waals surface area contributed by atoms with Gasteiger partial charge in [-0.1, -0.05) is 59.9 Å². The number of thioether (sulfide) groups is 1. The Kier molecular flexibility index (Phi) is 9.63. The summed E-state index contributed by atoms with van der Waals surface area (Å²) in [6.07, 6.45) is 0.479. The first kappa shape index (κ1) is 23.9. The summed E-state index contributed by atoms with van der Waals surface area (Å²) < 4.78 is 0. The lowest BCUT2D eigenvalue weighted by Crippen LogP contribution is -2.48. The summed E-state index contributed by atoms with van der Waals surface area (Å²) in [4.78, 5) is 27.0. The van der Waals surface area contributed by atoms with E-state index in [4.69, 9.17) is 34.8 Å². The number of carbonyl (C=O) groups is 2. The predicted molar refractivity (Wildman–Crippen MR) is 123 cm³/mol. The van der Waals surface area contributed by atoms with E-state index in [2.05, 4.69) is 5.32 Å². The molecule has 1 atom stereocenters. The molecule has 4 nitrogen and oxygen atoms in total. The van der Waals surface area contributed by atoms with Crippen LogP contribution in [0.5, 0.6) is 0 Å². The van der Waals surface area contributed by atoms with Crippen LogP contribution in [0.25, 0.3) is 0 Å². The summed E-state index contributed by atoms with van der Waals surface area (Å²) in [6, 6.07) is 12.1. The predicted octanol–water partition coefficient (Wildman–Crippen LogP) is 5.43. The molecule has 156 valence electrons. The zero-order chi connectivity index (χ0) is 21.4. The quantitative estimate of drug-likeness (QED) is 0.528. The molecule has 0 spiro atoms.